The molecule has 2 N–H and O–H groups in total. The van der Waals surface area contributed by atoms with Gasteiger partial charge in [-0.2, -0.15) is 0 Å². The Morgan fingerprint density at radius 1 is 1.06 bits per heavy atom. The van der Waals surface area contributed by atoms with Crippen LogP contribution in [-0.4, -0.2) is 29.8 Å². The van der Waals surface area contributed by atoms with Crippen molar-refractivity contribution in [3.8, 4) is 11.5 Å². The van der Waals surface area contributed by atoms with Crippen LogP contribution in [0, 0.1) is 6.92 Å². The largest absolute Gasteiger partial charge is 0.508 e. The van der Waals surface area contributed by atoms with E-state index in [0.29, 0.717) is 0 Å². The zero-order valence-corrected chi connectivity index (χ0v) is 18.5. The number of carbonyl (C=O) groups excluding carboxylic acids is 1. The van der Waals surface area contributed by atoms with Crippen LogP contribution in [0.15, 0.2) is 66.7 Å². The fourth-order valence-corrected chi connectivity index (χ4v) is 4.52. The van der Waals surface area contributed by atoms with Gasteiger partial charge in [0.25, 0.3) is 0 Å². The average molecular weight is 430 g/mol. The van der Waals surface area contributed by atoms with Crippen molar-refractivity contribution in [2.75, 3.05) is 18.6 Å². The molecule has 1 aliphatic rings. The number of phenols is 2. The van der Waals surface area contributed by atoms with Gasteiger partial charge in [-0.15, -0.1) is 0 Å². The summed E-state index contributed by atoms with van der Waals surface area (Å²) in [6.45, 7) is 4.85. The molecule has 0 aliphatic carbocycles. The number of fused-ring (bicyclic) bond motifs is 1. The van der Waals surface area contributed by atoms with E-state index in [0.717, 1.165) is 46.5 Å². The minimum atomic E-state index is -0.491. The van der Waals surface area contributed by atoms with Gasteiger partial charge in [0.15, 0.2) is 0 Å². The first-order valence-electron chi connectivity index (χ1n) is 10.6. The summed E-state index contributed by atoms with van der Waals surface area (Å²) in [4.78, 5) is 13.8. The molecule has 0 bridgehead atoms. The molecule has 0 amide bonds. The summed E-state index contributed by atoms with van der Waals surface area (Å²) in [5.41, 5.74) is 5.59. The Kier molecular flexibility index (Phi) is 5.66. The van der Waals surface area contributed by atoms with E-state index < -0.39 is 11.5 Å². The third kappa shape index (κ3) is 3.82. The number of anilines is 1. The predicted molar refractivity (Wildman–Crippen MR) is 126 cm³/mol. The third-order valence-corrected chi connectivity index (χ3v) is 6.34. The Morgan fingerprint density at radius 3 is 2.50 bits per heavy atom. The van der Waals surface area contributed by atoms with E-state index in [1.807, 2.05) is 43.3 Å². The smallest absolute Gasteiger partial charge is 0.330 e. The zero-order chi connectivity index (χ0) is 22.9. The number of nitrogens with zero attached hydrogens (tertiary/aromatic N) is 1. The van der Waals surface area contributed by atoms with Crippen LogP contribution in [0.4, 0.5) is 5.69 Å². The maximum absolute atomic E-state index is 11.4. The zero-order valence-electron chi connectivity index (χ0n) is 18.5. The average Bonchev–Trinajstić information content (AvgIpc) is 2.79. The number of carbonyl (C=O) groups is 1. The van der Waals surface area contributed by atoms with Gasteiger partial charge in [-0.25, -0.2) is 4.79 Å². The van der Waals surface area contributed by atoms with Gasteiger partial charge in [0, 0.05) is 18.3 Å². The number of esters is 1. The summed E-state index contributed by atoms with van der Waals surface area (Å²) in [5, 5.41) is 20.1. The number of hydrogen-bond donors (Lipinski definition) is 2. The summed E-state index contributed by atoms with van der Waals surface area (Å²) in [5.74, 6) is 0.152. The van der Waals surface area contributed by atoms with Crippen molar-refractivity contribution in [2.45, 2.75) is 25.8 Å². The van der Waals surface area contributed by atoms with E-state index in [1.165, 1.54) is 13.2 Å². The molecule has 0 spiro atoms. The first kappa shape index (κ1) is 21.5. The summed E-state index contributed by atoms with van der Waals surface area (Å²) >= 11 is 0. The highest BCUT2D eigenvalue weighted by atomic mass is 16.5. The summed E-state index contributed by atoms with van der Waals surface area (Å²) in [6.07, 6.45) is 3.94. The van der Waals surface area contributed by atoms with Crippen molar-refractivity contribution in [2.24, 2.45) is 0 Å². The van der Waals surface area contributed by atoms with Gasteiger partial charge >= 0.3 is 5.97 Å². The van der Waals surface area contributed by atoms with Crippen molar-refractivity contribution < 1.29 is 19.7 Å². The Hall–Kier alpha value is -3.73. The maximum Gasteiger partial charge on any atom is 0.330 e. The topological polar surface area (TPSA) is 70.0 Å². The molecule has 0 saturated carbocycles. The molecular formula is C27H27NO4. The van der Waals surface area contributed by atoms with Crippen LogP contribution < -0.4 is 4.90 Å². The molecule has 0 radical (unpaired) electrons. The van der Waals surface area contributed by atoms with Crippen molar-refractivity contribution >= 4 is 17.7 Å². The SMILES string of the molecule is COC(=O)C=Cc1ccc(C2(C)c3ccc(O)cc3CCN2c2ccc(O)c(C)c2)cc1. The highest BCUT2D eigenvalue weighted by Crippen LogP contribution is 2.44. The number of benzene rings is 3. The molecule has 3 aromatic carbocycles. The molecule has 5 nitrogen and oxygen atoms in total. The van der Waals surface area contributed by atoms with Gasteiger partial charge in [-0.05, 0) is 84.5 Å². The molecule has 1 heterocycles. The molecule has 164 valence electrons. The van der Waals surface area contributed by atoms with Gasteiger partial charge in [0.2, 0.25) is 0 Å². The van der Waals surface area contributed by atoms with E-state index in [2.05, 4.69) is 28.7 Å². The molecule has 0 saturated heterocycles. The van der Waals surface area contributed by atoms with Crippen molar-refractivity contribution in [3.05, 3.63) is 94.6 Å². The number of aryl methyl sites for hydroxylation is 1. The quantitative estimate of drug-likeness (QED) is 0.455. The maximum atomic E-state index is 11.4. The summed E-state index contributed by atoms with van der Waals surface area (Å²) < 4.78 is 4.67. The predicted octanol–water partition coefficient (Wildman–Crippen LogP) is 4.92. The second-order valence-corrected chi connectivity index (χ2v) is 8.26. The van der Waals surface area contributed by atoms with E-state index in [-0.39, 0.29) is 11.5 Å². The Bertz CT molecular complexity index is 1180. The second-order valence-electron chi connectivity index (χ2n) is 8.26. The van der Waals surface area contributed by atoms with Crippen LogP contribution in [0.5, 0.6) is 11.5 Å². The number of aromatic hydroxyl groups is 2. The Balaban J connectivity index is 1.82. The molecule has 5 heteroatoms. The molecule has 4 rings (SSSR count). The van der Waals surface area contributed by atoms with E-state index in [9.17, 15) is 15.0 Å². The lowest BCUT2D eigenvalue weighted by Gasteiger charge is -2.48. The monoisotopic (exact) mass is 429 g/mol. The highest BCUT2D eigenvalue weighted by Gasteiger charge is 2.40. The number of ether oxygens (including phenoxy) is 1. The van der Waals surface area contributed by atoms with Crippen molar-refractivity contribution in [1.29, 1.82) is 0 Å². The van der Waals surface area contributed by atoms with E-state index in [4.69, 9.17) is 0 Å². The molecule has 1 atom stereocenters. The van der Waals surface area contributed by atoms with Crippen LogP contribution in [0.3, 0.4) is 0 Å². The van der Waals surface area contributed by atoms with Gasteiger partial charge in [-0.3, -0.25) is 0 Å². The summed E-state index contributed by atoms with van der Waals surface area (Å²) in [6, 6.07) is 19.4. The van der Waals surface area contributed by atoms with Gasteiger partial charge in [-0.1, -0.05) is 30.3 Å². The van der Waals surface area contributed by atoms with Gasteiger partial charge < -0.3 is 19.8 Å². The Morgan fingerprint density at radius 2 is 1.81 bits per heavy atom. The number of methoxy groups -OCH3 is 1. The molecule has 3 aromatic rings. The molecule has 0 aromatic heterocycles. The van der Waals surface area contributed by atoms with Gasteiger partial charge in [0.1, 0.15) is 11.5 Å². The lowest BCUT2D eigenvalue weighted by Crippen LogP contribution is -2.49. The molecule has 32 heavy (non-hydrogen) atoms. The fourth-order valence-electron chi connectivity index (χ4n) is 4.52. The lowest BCUT2D eigenvalue weighted by atomic mass is 9.76. The van der Waals surface area contributed by atoms with Crippen molar-refractivity contribution in [1.82, 2.24) is 0 Å². The van der Waals surface area contributed by atoms with Crippen LogP contribution >= 0.6 is 0 Å². The van der Waals surface area contributed by atoms with Crippen LogP contribution in [0.1, 0.15) is 34.7 Å². The third-order valence-electron chi connectivity index (χ3n) is 6.34. The minimum absolute atomic E-state index is 0.267. The normalized spacial score (nSPS) is 17.9. The number of rotatable bonds is 4. The van der Waals surface area contributed by atoms with Crippen molar-refractivity contribution in [3.63, 3.8) is 0 Å². The van der Waals surface area contributed by atoms with Crippen LogP contribution in [0.25, 0.3) is 6.08 Å². The first-order chi connectivity index (χ1) is 15.3. The Labute approximate surface area is 188 Å². The number of phenolic OH excluding ortho intramolecular Hbond substituents is 2. The first-order valence-corrected chi connectivity index (χ1v) is 10.6. The molecule has 1 aliphatic heterocycles. The molecule has 1 unspecified atom stereocenters. The fraction of sp³-hybridized carbons (Fsp3) is 0.222. The van der Waals surface area contributed by atoms with Crippen LogP contribution in [0.2, 0.25) is 0 Å². The van der Waals surface area contributed by atoms with E-state index >= 15 is 0 Å². The minimum Gasteiger partial charge on any atom is -0.508 e. The molecule has 0 fully saturated rings. The van der Waals surface area contributed by atoms with E-state index in [1.54, 1.807) is 18.2 Å². The summed E-state index contributed by atoms with van der Waals surface area (Å²) in [7, 11) is 1.36. The number of hydrogen-bond acceptors (Lipinski definition) is 5. The molecular weight excluding hydrogens is 402 g/mol. The van der Waals surface area contributed by atoms with Crippen LogP contribution in [-0.2, 0) is 21.5 Å². The standard InChI is InChI=1S/C27H27NO4/c1-18-16-22(9-12-25(18)30)28-15-14-20-17-23(29)10-11-24(20)27(28,2)21-7-4-19(5-8-21)6-13-26(31)32-3/h4-13,16-17,29-30H,14-15H2,1-3H3. The second kappa shape index (κ2) is 8.42. The highest BCUT2D eigenvalue weighted by molar-refractivity contribution is 5.86. The lowest BCUT2D eigenvalue weighted by molar-refractivity contribution is -0.134. The van der Waals surface area contributed by atoms with Gasteiger partial charge in [0.05, 0.1) is 12.6 Å².